The molecule has 1 amide bonds. The molecular weight excluding hydrogens is 238 g/mol. The summed E-state index contributed by atoms with van der Waals surface area (Å²) in [7, 11) is 0. The predicted octanol–water partition coefficient (Wildman–Crippen LogP) is 2.54. The molecule has 1 rings (SSSR count). The molecule has 0 aliphatic heterocycles. The van der Waals surface area contributed by atoms with E-state index in [0.29, 0.717) is 31.1 Å². The van der Waals surface area contributed by atoms with Crippen molar-refractivity contribution in [2.75, 3.05) is 18.4 Å². The molecule has 0 aliphatic carbocycles. The number of hydrogen-bond acceptors (Lipinski definition) is 2. The molecule has 18 heavy (non-hydrogen) atoms. The van der Waals surface area contributed by atoms with E-state index in [1.807, 2.05) is 13.8 Å². The van der Waals surface area contributed by atoms with Crippen LogP contribution in [0.1, 0.15) is 20.3 Å². The Balaban J connectivity index is 2.28. The van der Waals surface area contributed by atoms with E-state index in [9.17, 15) is 13.6 Å². The average molecular weight is 256 g/mol. The fourth-order valence-electron chi connectivity index (χ4n) is 1.33. The number of carbonyl (C=O) groups excluding carboxylic acids is 1. The van der Waals surface area contributed by atoms with Crippen molar-refractivity contribution in [2.45, 2.75) is 20.3 Å². The van der Waals surface area contributed by atoms with Gasteiger partial charge in [0.25, 0.3) is 0 Å². The maximum absolute atomic E-state index is 12.9. The van der Waals surface area contributed by atoms with Crippen molar-refractivity contribution in [3.05, 3.63) is 29.8 Å². The Bertz CT molecular complexity index is 408. The van der Waals surface area contributed by atoms with Crippen LogP contribution in [0.4, 0.5) is 14.5 Å². The number of benzene rings is 1. The number of amides is 1. The standard InChI is InChI=1S/C13H18F2N2O/c1-9(2)8-17-13(18)5-6-16-10-3-4-11(14)12(15)7-10/h3-4,7,9,16H,5-6,8H2,1-2H3,(H,17,18). The lowest BCUT2D eigenvalue weighted by atomic mass is 10.2. The Morgan fingerprint density at radius 1 is 1.28 bits per heavy atom. The Morgan fingerprint density at radius 2 is 2.00 bits per heavy atom. The van der Waals surface area contributed by atoms with E-state index in [2.05, 4.69) is 10.6 Å². The summed E-state index contributed by atoms with van der Waals surface area (Å²) >= 11 is 0. The highest BCUT2D eigenvalue weighted by molar-refractivity contribution is 5.76. The zero-order valence-corrected chi connectivity index (χ0v) is 10.6. The fraction of sp³-hybridized carbons (Fsp3) is 0.462. The third-order valence-corrected chi connectivity index (χ3v) is 2.31. The average Bonchev–Trinajstić information content (AvgIpc) is 2.31. The van der Waals surface area contributed by atoms with Gasteiger partial charge in [0.15, 0.2) is 11.6 Å². The van der Waals surface area contributed by atoms with Gasteiger partial charge in [0.1, 0.15) is 0 Å². The van der Waals surface area contributed by atoms with Gasteiger partial charge in [-0.25, -0.2) is 8.78 Å². The van der Waals surface area contributed by atoms with Crippen LogP contribution in [0.3, 0.4) is 0 Å². The van der Waals surface area contributed by atoms with E-state index in [1.165, 1.54) is 6.07 Å². The minimum Gasteiger partial charge on any atom is -0.384 e. The molecule has 0 saturated carbocycles. The molecule has 1 aromatic carbocycles. The Morgan fingerprint density at radius 3 is 2.61 bits per heavy atom. The van der Waals surface area contributed by atoms with Crippen LogP contribution in [0.5, 0.6) is 0 Å². The molecule has 0 aliphatic rings. The Kier molecular flexibility index (Phi) is 5.55. The Labute approximate surface area is 106 Å². The van der Waals surface area contributed by atoms with Gasteiger partial charge in [-0.3, -0.25) is 4.79 Å². The Hall–Kier alpha value is -1.65. The lowest BCUT2D eigenvalue weighted by Gasteiger charge is -2.09. The van der Waals surface area contributed by atoms with Gasteiger partial charge < -0.3 is 10.6 Å². The monoisotopic (exact) mass is 256 g/mol. The second kappa shape index (κ2) is 6.93. The lowest BCUT2D eigenvalue weighted by molar-refractivity contribution is -0.120. The molecule has 0 saturated heterocycles. The second-order valence-corrected chi connectivity index (χ2v) is 4.50. The van der Waals surface area contributed by atoms with Crippen LogP contribution in [-0.2, 0) is 4.79 Å². The lowest BCUT2D eigenvalue weighted by Crippen LogP contribution is -2.28. The SMILES string of the molecule is CC(C)CNC(=O)CCNc1ccc(F)c(F)c1. The van der Waals surface area contributed by atoms with Crippen LogP contribution < -0.4 is 10.6 Å². The minimum absolute atomic E-state index is 0.0567. The van der Waals surface area contributed by atoms with Crippen molar-refractivity contribution < 1.29 is 13.6 Å². The summed E-state index contributed by atoms with van der Waals surface area (Å²) in [6.45, 7) is 5.05. The van der Waals surface area contributed by atoms with Crippen LogP contribution in [0.15, 0.2) is 18.2 Å². The largest absolute Gasteiger partial charge is 0.384 e. The van der Waals surface area contributed by atoms with Crippen molar-refractivity contribution in [3.8, 4) is 0 Å². The topological polar surface area (TPSA) is 41.1 Å². The molecule has 1 aromatic rings. The molecule has 3 nitrogen and oxygen atoms in total. The van der Waals surface area contributed by atoms with Gasteiger partial charge in [0.05, 0.1) is 0 Å². The van der Waals surface area contributed by atoms with Gasteiger partial charge >= 0.3 is 0 Å². The molecule has 0 aromatic heterocycles. The number of halogens is 2. The number of hydrogen-bond donors (Lipinski definition) is 2. The summed E-state index contributed by atoms with van der Waals surface area (Å²) in [4.78, 5) is 11.4. The number of anilines is 1. The second-order valence-electron chi connectivity index (χ2n) is 4.50. The van der Waals surface area contributed by atoms with Crippen LogP contribution >= 0.6 is 0 Å². The number of carbonyl (C=O) groups is 1. The quantitative estimate of drug-likeness (QED) is 0.821. The molecule has 0 heterocycles. The summed E-state index contributed by atoms with van der Waals surface area (Å²) in [6, 6.07) is 3.56. The van der Waals surface area contributed by atoms with Gasteiger partial charge in [-0.05, 0) is 24.1 Å². The molecule has 5 heteroatoms. The zero-order valence-electron chi connectivity index (χ0n) is 10.6. The third kappa shape index (κ3) is 5.12. The van der Waals surface area contributed by atoms with Gasteiger partial charge in [-0.2, -0.15) is 0 Å². The van der Waals surface area contributed by atoms with Crippen LogP contribution in [-0.4, -0.2) is 19.0 Å². The highest BCUT2D eigenvalue weighted by Gasteiger charge is 2.04. The van der Waals surface area contributed by atoms with Gasteiger partial charge in [-0.1, -0.05) is 13.8 Å². The molecule has 0 fully saturated rings. The highest BCUT2D eigenvalue weighted by Crippen LogP contribution is 2.12. The van der Waals surface area contributed by atoms with Crippen molar-refractivity contribution in [1.29, 1.82) is 0 Å². The van der Waals surface area contributed by atoms with E-state index >= 15 is 0 Å². The van der Waals surface area contributed by atoms with Gasteiger partial charge in [-0.15, -0.1) is 0 Å². The maximum atomic E-state index is 12.9. The minimum atomic E-state index is -0.899. The molecule has 0 unspecified atom stereocenters. The molecule has 0 radical (unpaired) electrons. The van der Waals surface area contributed by atoms with Gasteiger partial charge in [0, 0.05) is 25.2 Å². The fourth-order valence-corrected chi connectivity index (χ4v) is 1.33. The summed E-state index contributed by atoms with van der Waals surface area (Å²) in [5.41, 5.74) is 0.463. The van der Waals surface area contributed by atoms with E-state index < -0.39 is 11.6 Å². The first kappa shape index (κ1) is 14.4. The predicted molar refractivity (Wildman–Crippen MR) is 67.3 cm³/mol. The van der Waals surface area contributed by atoms with E-state index in [0.717, 1.165) is 12.1 Å². The van der Waals surface area contributed by atoms with Crippen molar-refractivity contribution >= 4 is 11.6 Å². The molecule has 0 spiro atoms. The smallest absolute Gasteiger partial charge is 0.221 e. The zero-order chi connectivity index (χ0) is 13.5. The number of rotatable bonds is 6. The maximum Gasteiger partial charge on any atom is 0.221 e. The van der Waals surface area contributed by atoms with E-state index in [-0.39, 0.29) is 5.91 Å². The van der Waals surface area contributed by atoms with Crippen molar-refractivity contribution in [1.82, 2.24) is 5.32 Å². The normalized spacial score (nSPS) is 10.5. The van der Waals surface area contributed by atoms with E-state index in [1.54, 1.807) is 0 Å². The molecule has 0 atom stereocenters. The summed E-state index contributed by atoms with van der Waals surface area (Å²) in [5.74, 6) is -1.42. The summed E-state index contributed by atoms with van der Waals surface area (Å²) in [6.07, 6.45) is 0.297. The van der Waals surface area contributed by atoms with Crippen molar-refractivity contribution in [2.24, 2.45) is 5.92 Å². The molecule has 0 bridgehead atoms. The highest BCUT2D eigenvalue weighted by atomic mass is 19.2. The van der Waals surface area contributed by atoms with Crippen LogP contribution in [0.2, 0.25) is 0 Å². The molecular formula is C13H18F2N2O. The van der Waals surface area contributed by atoms with Gasteiger partial charge in [0.2, 0.25) is 5.91 Å². The van der Waals surface area contributed by atoms with Crippen molar-refractivity contribution in [3.63, 3.8) is 0 Å². The van der Waals surface area contributed by atoms with Crippen LogP contribution in [0, 0.1) is 17.6 Å². The number of nitrogens with one attached hydrogen (secondary N) is 2. The molecule has 2 N–H and O–H groups in total. The summed E-state index contributed by atoms with van der Waals surface area (Å²) in [5, 5.41) is 5.64. The van der Waals surface area contributed by atoms with Crippen LogP contribution in [0.25, 0.3) is 0 Å². The molecule has 100 valence electrons. The first-order chi connectivity index (χ1) is 8.49. The summed E-state index contributed by atoms with van der Waals surface area (Å²) < 4.78 is 25.5. The third-order valence-electron chi connectivity index (χ3n) is 2.31. The first-order valence-electron chi connectivity index (χ1n) is 5.94. The van der Waals surface area contributed by atoms with E-state index in [4.69, 9.17) is 0 Å². The first-order valence-corrected chi connectivity index (χ1v) is 5.94.